The maximum absolute atomic E-state index is 14.7. The second-order valence-corrected chi connectivity index (χ2v) is 7.94. The number of rotatable bonds is 8. The molecule has 3 aromatic carbocycles. The number of carbonyl (C=O) groups excluding carboxylic acids is 1. The Bertz CT molecular complexity index is 1340. The monoisotopic (exact) mass is 483 g/mol. The number of carboxylic acid groups (broad SMARTS) is 1. The van der Waals surface area contributed by atoms with Gasteiger partial charge in [0.1, 0.15) is 11.0 Å². The molecule has 0 fully saturated rings. The van der Waals surface area contributed by atoms with E-state index in [-0.39, 0.29) is 23.1 Å². The lowest BCUT2D eigenvalue weighted by molar-refractivity contribution is -0.148. The first kappa shape index (κ1) is 23.3. The minimum absolute atomic E-state index is 0.0553. The fraction of sp³-hybridized carbons (Fsp3) is 0.130. The molecule has 9 nitrogen and oxygen atoms in total. The number of nitrogens with one attached hydrogen (secondary N) is 2. The molecule has 0 aliphatic rings. The first-order valence-corrected chi connectivity index (χ1v) is 10.5. The number of hydrogen-bond acceptors (Lipinski definition) is 6. The second kappa shape index (κ2) is 9.96. The van der Waals surface area contributed by atoms with Crippen molar-refractivity contribution >= 4 is 34.5 Å². The Labute approximate surface area is 197 Å². The zero-order chi connectivity index (χ0) is 24.2. The van der Waals surface area contributed by atoms with E-state index in [9.17, 15) is 19.1 Å². The van der Waals surface area contributed by atoms with Crippen LogP contribution in [0.3, 0.4) is 0 Å². The Kier molecular flexibility index (Phi) is 6.82. The molecule has 4 aromatic rings. The number of H-pyrrole nitrogens is 1. The van der Waals surface area contributed by atoms with Crippen molar-refractivity contribution in [3.05, 3.63) is 82.6 Å². The molecule has 0 spiro atoms. The molecule has 0 saturated carbocycles. The van der Waals surface area contributed by atoms with Crippen LogP contribution in [0.5, 0.6) is 0 Å². The summed E-state index contributed by atoms with van der Waals surface area (Å²) in [4.78, 5) is 23.9. The summed E-state index contributed by atoms with van der Waals surface area (Å²) < 4.78 is 14.7. The van der Waals surface area contributed by atoms with Crippen molar-refractivity contribution < 1.29 is 24.2 Å². The lowest BCUT2D eigenvalue weighted by atomic mass is 10.0. The number of benzene rings is 3. The predicted octanol–water partition coefficient (Wildman–Crippen LogP) is 3.01. The molecule has 1 atom stereocenters. The van der Waals surface area contributed by atoms with Crippen LogP contribution in [0.25, 0.3) is 22.2 Å². The second-order valence-electron chi connectivity index (χ2n) is 7.50. The maximum Gasteiger partial charge on any atom is 0.333 e. The van der Waals surface area contributed by atoms with Crippen molar-refractivity contribution in [2.24, 2.45) is 0 Å². The van der Waals surface area contributed by atoms with Gasteiger partial charge in [-0.3, -0.25) is 10.2 Å². The molecule has 4 N–H and O–H groups in total. The number of fused-ring (bicyclic) bond motifs is 1. The van der Waals surface area contributed by atoms with Crippen LogP contribution < -0.4 is 5.43 Å². The number of carboxylic acids is 1. The summed E-state index contributed by atoms with van der Waals surface area (Å²) in [5.74, 6) is -3.14. The fourth-order valence-electron chi connectivity index (χ4n) is 3.39. The number of hydrogen-bond donors (Lipinski definition) is 4. The van der Waals surface area contributed by atoms with Gasteiger partial charge in [-0.1, -0.05) is 48.0 Å². The normalized spacial score (nSPS) is 12.1. The van der Waals surface area contributed by atoms with Gasteiger partial charge >= 0.3 is 5.97 Å². The van der Waals surface area contributed by atoms with Gasteiger partial charge in [0.2, 0.25) is 0 Å². The Morgan fingerprint density at radius 1 is 1.09 bits per heavy atom. The Morgan fingerprint density at radius 3 is 2.56 bits per heavy atom. The fourth-order valence-corrected chi connectivity index (χ4v) is 3.58. The third-order valence-electron chi connectivity index (χ3n) is 5.10. The largest absolute Gasteiger partial charge is 0.479 e. The van der Waals surface area contributed by atoms with Gasteiger partial charge in [-0.15, -0.1) is 0 Å². The molecule has 1 heterocycles. The molecule has 0 aliphatic carbocycles. The molecular weight excluding hydrogens is 465 g/mol. The van der Waals surface area contributed by atoms with E-state index in [1.165, 1.54) is 17.1 Å². The highest BCUT2D eigenvalue weighted by atomic mass is 35.5. The zero-order valence-corrected chi connectivity index (χ0v) is 18.3. The number of aromatic nitrogens is 3. The molecule has 0 bridgehead atoms. The summed E-state index contributed by atoms with van der Waals surface area (Å²) in [5.41, 5.74) is 4.89. The molecule has 1 aromatic heterocycles. The van der Waals surface area contributed by atoms with Gasteiger partial charge in [0.15, 0.2) is 11.9 Å². The molecule has 11 heteroatoms. The topological polar surface area (TPSA) is 131 Å². The highest BCUT2D eigenvalue weighted by molar-refractivity contribution is 6.30. The van der Waals surface area contributed by atoms with Crippen molar-refractivity contribution in [3.63, 3.8) is 0 Å². The quantitative estimate of drug-likeness (QED) is 0.283. The minimum Gasteiger partial charge on any atom is -0.479 e. The van der Waals surface area contributed by atoms with Crippen LogP contribution in [-0.4, -0.2) is 55.2 Å². The van der Waals surface area contributed by atoms with E-state index in [4.69, 9.17) is 16.7 Å². The highest BCUT2D eigenvalue weighted by Crippen LogP contribution is 2.23. The van der Waals surface area contributed by atoms with E-state index in [1.54, 1.807) is 18.2 Å². The molecular formula is C23H19ClFN5O4. The number of aromatic amines is 1. The summed E-state index contributed by atoms with van der Waals surface area (Å²) in [5, 5.41) is 30.5. The summed E-state index contributed by atoms with van der Waals surface area (Å²) in [6.45, 7) is -0.370. The minimum atomic E-state index is -1.77. The van der Waals surface area contributed by atoms with Crippen molar-refractivity contribution in [3.8, 4) is 11.1 Å². The van der Waals surface area contributed by atoms with Gasteiger partial charge in [0, 0.05) is 11.6 Å². The molecule has 1 amide bonds. The van der Waals surface area contributed by atoms with Crippen molar-refractivity contribution in [2.75, 3.05) is 6.54 Å². The molecule has 0 aliphatic heterocycles. The molecule has 0 saturated heterocycles. The van der Waals surface area contributed by atoms with Crippen LogP contribution in [0.2, 0.25) is 5.02 Å². The Hall–Kier alpha value is -3.86. The highest BCUT2D eigenvalue weighted by Gasteiger charge is 2.23. The number of hydrazine groups is 1. The van der Waals surface area contributed by atoms with E-state index >= 15 is 0 Å². The van der Waals surface area contributed by atoms with Gasteiger partial charge in [-0.25, -0.2) is 14.2 Å². The summed E-state index contributed by atoms with van der Waals surface area (Å²) in [6, 6.07) is 17.3. The van der Waals surface area contributed by atoms with Crippen LogP contribution in [0.15, 0.2) is 60.7 Å². The van der Waals surface area contributed by atoms with Gasteiger partial charge in [-0.2, -0.15) is 15.4 Å². The lowest BCUT2D eigenvalue weighted by Crippen LogP contribution is -2.47. The first-order valence-electron chi connectivity index (χ1n) is 10.1. The molecule has 4 rings (SSSR count). The number of aliphatic hydroxyl groups is 1. The average molecular weight is 484 g/mol. The van der Waals surface area contributed by atoms with Gasteiger partial charge in [0.05, 0.1) is 12.1 Å². The smallest absolute Gasteiger partial charge is 0.333 e. The Morgan fingerprint density at radius 2 is 1.85 bits per heavy atom. The SMILES string of the molecule is O=C(NN(Cc1ccc(-c2cccc(Cl)c2)cc1)CC(O)C(=O)O)c1ccc2n[nH]nc2c1F. The van der Waals surface area contributed by atoms with E-state index < -0.39 is 30.3 Å². The van der Waals surface area contributed by atoms with Crippen molar-refractivity contribution in [1.29, 1.82) is 0 Å². The van der Waals surface area contributed by atoms with Crippen LogP contribution >= 0.6 is 11.6 Å². The number of carbonyl (C=O) groups is 2. The number of aliphatic hydroxyl groups excluding tert-OH is 1. The Balaban J connectivity index is 1.54. The third-order valence-corrected chi connectivity index (χ3v) is 5.33. The molecule has 34 heavy (non-hydrogen) atoms. The van der Waals surface area contributed by atoms with Gasteiger partial charge in [-0.05, 0) is 41.0 Å². The average Bonchev–Trinajstić information content (AvgIpc) is 3.29. The zero-order valence-electron chi connectivity index (χ0n) is 17.6. The number of halogens is 2. The number of aliphatic carboxylic acids is 1. The number of nitrogens with zero attached hydrogens (tertiary/aromatic N) is 3. The predicted molar refractivity (Wildman–Crippen MR) is 122 cm³/mol. The summed E-state index contributed by atoms with van der Waals surface area (Å²) >= 11 is 6.05. The van der Waals surface area contributed by atoms with Crippen LogP contribution in [-0.2, 0) is 11.3 Å². The van der Waals surface area contributed by atoms with Crippen LogP contribution in [0, 0.1) is 5.82 Å². The van der Waals surface area contributed by atoms with E-state index in [1.807, 2.05) is 30.3 Å². The van der Waals surface area contributed by atoms with Gasteiger partial charge < -0.3 is 10.2 Å². The molecule has 174 valence electrons. The van der Waals surface area contributed by atoms with Crippen LogP contribution in [0.4, 0.5) is 4.39 Å². The number of amides is 1. The first-order chi connectivity index (χ1) is 16.3. The lowest BCUT2D eigenvalue weighted by Gasteiger charge is -2.24. The van der Waals surface area contributed by atoms with Gasteiger partial charge in [0.25, 0.3) is 5.91 Å². The maximum atomic E-state index is 14.7. The standard InChI is InChI=1S/C23H19ClFN5O4/c24-16-3-1-2-15(10-16)14-6-4-13(5-7-14)11-30(12-19(31)23(33)34)28-22(32)17-8-9-18-21(20(17)25)27-29-26-18/h1-10,19,31H,11-12H2,(H,28,32)(H,33,34)(H,26,27,29). The summed E-state index contributed by atoms with van der Waals surface area (Å²) in [7, 11) is 0. The van der Waals surface area contributed by atoms with E-state index in [0.717, 1.165) is 16.7 Å². The molecule has 0 radical (unpaired) electrons. The van der Waals surface area contributed by atoms with E-state index in [2.05, 4.69) is 20.8 Å². The van der Waals surface area contributed by atoms with Crippen molar-refractivity contribution in [2.45, 2.75) is 12.6 Å². The van der Waals surface area contributed by atoms with Crippen molar-refractivity contribution in [1.82, 2.24) is 25.8 Å². The summed E-state index contributed by atoms with van der Waals surface area (Å²) in [6.07, 6.45) is -1.77. The van der Waals surface area contributed by atoms with Crippen LogP contribution in [0.1, 0.15) is 15.9 Å². The molecule has 1 unspecified atom stereocenters. The van der Waals surface area contributed by atoms with E-state index in [0.29, 0.717) is 5.02 Å². The third kappa shape index (κ3) is 5.20.